The molecule has 0 saturated carbocycles. The molecule has 2 aromatic carbocycles. The number of sulfone groups is 1. The van der Waals surface area contributed by atoms with Crippen molar-refractivity contribution in [3.05, 3.63) is 53.6 Å². The van der Waals surface area contributed by atoms with Gasteiger partial charge in [0.1, 0.15) is 11.8 Å². The molecule has 44 heavy (non-hydrogen) atoms. The maximum absolute atomic E-state index is 14.1. The van der Waals surface area contributed by atoms with Crippen molar-refractivity contribution in [2.24, 2.45) is 5.41 Å². The van der Waals surface area contributed by atoms with E-state index in [2.05, 4.69) is 19.2 Å². The van der Waals surface area contributed by atoms with Crippen LogP contribution in [0.5, 0.6) is 5.75 Å². The third-order valence-electron chi connectivity index (χ3n) is 11.0. The van der Waals surface area contributed by atoms with Gasteiger partial charge in [0.25, 0.3) is 0 Å². The number of hydrogen-bond acceptors (Lipinski definition) is 6. The molecule has 5 rings (SSSR count). The summed E-state index contributed by atoms with van der Waals surface area (Å²) >= 11 is 0. The topological polar surface area (TPSA) is 78.9 Å². The molecule has 3 heterocycles. The molecule has 2 aromatic rings. The van der Waals surface area contributed by atoms with E-state index in [-0.39, 0.29) is 5.75 Å². The van der Waals surface area contributed by atoms with Crippen molar-refractivity contribution in [1.82, 2.24) is 5.32 Å². The van der Waals surface area contributed by atoms with E-state index in [0.717, 1.165) is 61.7 Å². The molecule has 0 radical (unpaired) electrons. The van der Waals surface area contributed by atoms with E-state index < -0.39 is 27.3 Å². The fraction of sp³-hybridized carbons (Fsp3) is 0.667. The van der Waals surface area contributed by atoms with Crippen molar-refractivity contribution in [3.8, 4) is 5.75 Å². The van der Waals surface area contributed by atoms with Crippen LogP contribution in [-0.2, 0) is 9.84 Å². The Kier molecular flexibility index (Phi) is 10.7. The number of anilines is 1. The molecule has 3 aliphatic rings. The summed E-state index contributed by atoms with van der Waals surface area (Å²) in [5.41, 5.74) is 1.88. The average molecular weight is 627 g/mol. The maximum Gasteiger partial charge on any atom is 0.179 e. The first-order valence-electron chi connectivity index (χ1n) is 17.2. The van der Waals surface area contributed by atoms with E-state index in [1.807, 2.05) is 55.4 Å². The number of unbranched alkanes of at least 4 members (excludes halogenated alkanes) is 3. The molecular formula is C36H56N3O4S+. The van der Waals surface area contributed by atoms with Crippen LogP contribution in [0.2, 0.25) is 0 Å². The second-order valence-corrected chi connectivity index (χ2v) is 16.0. The lowest BCUT2D eigenvalue weighted by Crippen LogP contribution is -2.72. The van der Waals surface area contributed by atoms with E-state index in [9.17, 15) is 13.5 Å². The van der Waals surface area contributed by atoms with E-state index in [4.69, 9.17) is 4.74 Å². The number of ether oxygens (including phenoxy) is 1. The van der Waals surface area contributed by atoms with Gasteiger partial charge in [-0.1, -0.05) is 51.7 Å². The van der Waals surface area contributed by atoms with Crippen LogP contribution in [0.15, 0.2) is 47.4 Å². The number of fused-ring (bicyclic) bond motifs is 2. The first-order valence-corrected chi connectivity index (χ1v) is 18.8. The second-order valence-electron chi connectivity index (χ2n) is 14.0. The molecule has 2 fully saturated rings. The number of benzene rings is 2. The fourth-order valence-electron chi connectivity index (χ4n) is 8.12. The molecule has 7 nitrogen and oxygen atoms in total. The number of nitrogens with zero attached hydrogens (tertiary/aromatic N) is 2. The van der Waals surface area contributed by atoms with Crippen LogP contribution in [0.25, 0.3) is 0 Å². The highest BCUT2D eigenvalue weighted by Gasteiger charge is 2.50. The van der Waals surface area contributed by atoms with Crippen LogP contribution in [0.1, 0.15) is 88.7 Å². The Labute approximate surface area is 266 Å². The highest BCUT2D eigenvalue weighted by atomic mass is 32.2. The van der Waals surface area contributed by atoms with Crippen LogP contribution in [0.4, 0.5) is 5.69 Å². The third kappa shape index (κ3) is 6.84. The number of nitrogens with one attached hydrogen (secondary N) is 1. The van der Waals surface area contributed by atoms with Crippen molar-refractivity contribution in [3.63, 3.8) is 0 Å². The Morgan fingerprint density at radius 1 is 1.00 bits per heavy atom. The first-order chi connectivity index (χ1) is 21.1. The molecule has 0 aromatic heterocycles. The average Bonchev–Trinajstić information content (AvgIpc) is 3.07. The molecule has 0 amide bonds. The van der Waals surface area contributed by atoms with Gasteiger partial charge in [0.2, 0.25) is 0 Å². The molecule has 0 bridgehead atoms. The van der Waals surface area contributed by atoms with Gasteiger partial charge in [-0.05, 0) is 67.1 Å². The maximum atomic E-state index is 14.1. The predicted molar refractivity (Wildman–Crippen MR) is 179 cm³/mol. The Morgan fingerprint density at radius 3 is 2.34 bits per heavy atom. The van der Waals surface area contributed by atoms with Crippen LogP contribution >= 0.6 is 0 Å². The molecule has 4 atom stereocenters. The standard InChI is InChI=1S/C36H56N3O4S/c1-5-7-18-36(19-8-6-2)27-44(41,42)33-16-13-29(38(3)4)25-32(33)34(35(36)40)28-11-14-31(15-12-28)43-24-10-9-21-39-22-17-30(39)26-37-20-23-39/h11-16,25,30,34-35,37,40H,5-10,17-24,26-27H2,1-4H3/q+1. The van der Waals surface area contributed by atoms with Crippen molar-refractivity contribution < 1.29 is 22.7 Å². The molecule has 8 heteroatoms. The van der Waals surface area contributed by atoms with Crippen molar-refractivity contribution in [1.29, 1.82) is 0 Å². The predicted octanol–water partition coefficient (Wildman–Crippen LogP) is 5.75. The number of hydrogen-bond donors (Lipinski definition) is 2. The zero-order chi connectivity index (χ0) is 31.4. The minimum absolute atomic E-state index is 0.00949. The monoisotopic (exact) mass is 626 g/mol. The molecule has 244 valence electrons. The van der Waals surface area contributed by atoms with Gasteiger partial charge in [0.05, 0.1) is 49.4 Å². The summed E-state index contributed by atoms with van der Waals surface area (Å²) in [4.78, 5) is 2.36. The van der Waals surface area contributed by atoms with Crippen LogP contribution < -0.4 is 15.0 Å². The van der Waals surface area contributed by atoms with Gasteiger partial charge in [-0.25, -0.2) is 8.42 Å². The summed E-state index contributed by atoms with van der Waals surface area (Å²) in [7, 11) is 0.321. The van der Waals surface area contributed by atoms with Crippen LogP contribution in [0.3, 0.4) is 0 Å². The number of aliphatic hydroxyl groups is 1. The Hall–Kier alpha value is -2.13. The van der Waals surface area contributed by atoms with E-state index >= 15 is 0 Å². The third-order valence-corrected chi connectivity index (χ3v) is 13.0. The van der Waals surface area contributed by atoms with Gasteiger partial charge >= 0.3 is 0 Å². The smallest absolute Gasteiger partial charge is 0.179 e. The highest BCUT2D eigenvalue weighted by Crippen LogP contribution is 2.50. The summed E-state index contributed by atoms with van der Waals surface area (Å²) in [6.07, 6.45) is 7.89. The summed E-state index contributed by atoms with van der Waals surface area (Å²) < 4.78 is 35.6. The van der Waals surface area contributed by atoms with Crippen molar-refractivity contribution in [2.45, 2.75) is 94.6 Å². The molecular weight excluding hydrogens is 570 g/mol. The van der Waals surface area contributed by atoms with Crippen molar-refractivity contribution in [2.75, 3.05) is 64.1 Å². The quantitative estimate of drug-likeness (QED) is 0.205. The first kappa shape index (κ1) is 33.2. The molecule has 0 spiro atoms. The summed E-state index contributed by atoms with van der Waals surface area (Å²) in [5, 5.41) is 15.9. The Bertz CT molecular complexity index is 1340. The lowest BCUT2D eigenvalue weighted by atomic mass is 9.68. The van der Waals surface area contributed by atoms with Gasteiger partial charge < -0.3 is 24.5 Å². The lowest BCUT2D eigenvalue weighted by Gasteiger charge is -2.55. The van der Waals surface area contributed by atoms with Gasteiger partial charge in [-0.15, -0.1) is 0 Å². The number of rotatable bonds is 14. The number of quaternary nitrogens is 1. The largest absolute Gasteiger partial charge is 0.494 e. The Morgan fingerprint density at radius 2 is 1.73 bits per heavy atom. The van der Waals surface area contributed by atoms with E-state index in [1.54, 1.807) is 6.07 Å². The Balaban J connectivity index is 1.37. The van der Waals surface area contributed by atoms with E-state index in [1.165, 1.54) is 43.5 Å². The molecule has 2 N–H and O–H groups in total. The second kappa shape index (κ2) is 14.1. The minimum atomic E-state index is -3.61. The van der Waals surface area contributed by atoms with Gasteiger partial charge in [-0.3, -0.25) is 0 Å². The lowest BCUT2D eigenvalue weighted by molar-refractivity contribution is -0.990. The van der Waals surface area contributed by atoms with Crippen LogP contribution in [0, 0.1) is 5.41 Å². The van der Waals surface area contributed by atoms with Crippen molar-refractivity contribution >= 4 is 15.5 Å². The number of aliphatic hydroxyl groups excluding tert-OH is 1. The zero-order valence-corrected chi connectivity index (χ0v) is 28.4. The van der Waals surface area contributed by atoms with Gasteiger partial charge in [0, 0.05) is 44.2 Å². The normalized spacial score (nSPS) is 27.0. The van der Waals surface area contributed by atoms with Gasteiger partial charge in [-0.2, -0.15) is 0 Å². The summed E-state index contributed by atoms with van der Waals surface area (Å²) in [6, 6.07) is 14.5. The number of piperazine rings is 1. The summed E-state index contributed by atoms with van der Waals surface area (Å²) in [5.74, 6) is 0.373. The fourth-order valence-corrected chi connectivity index (χ4v) is 10.3. The summed E-state index contributed by atoms with van der Waals surface area (Å²) in [6.45, 7) is 11.1. The van der Waals surface area contributed by atoms with Gasteiger partial charge in [0.15, 0.2) is 9.84 Å². The van der Waals surface area contributed by atoms with E-state index in [0.29, 0.717) is 29.9 Å². The minimum Gasteiger partial charge on any atom is -0.494 e. The SMILES string of the molecule is CCCCC1(CCCC)CS(=O)(=O)c2ccc(N(C)C)cc2C(c2ccc(OCCCC[N+]34CCNCC3CC4)cc2)C1O. The molecule has 0 aliphatic carbocycles. The molecule has 4 unspecified atom stereocenters. The highest BCUT2D eigenvalue weighted by molar-refractivity contribution is 7.91. The zero-order valence-electron chi connectivity index (χ0n) is 27.6. The van der Waals surface area contributed by atoms with Crippen LogP contribution in [-0.4, -0.2) is 89.3 Å². The molecule has 3 aliphatic heterocycles. The molecule has 2 saturated heterocycles.